The van der Waals surface area contributed by atoms with Gasteiger partial charge >= 0.3 is 0 Å². The Morgan fingerprint density at radius 3 is 2.43 bits per heavy atom. The van der Waals surface area contributed by atoms with E-state index in [1.165, 1.54) is 0 Å². The van der Waals surface area contributed by atoms with Gasteiger partial charge in [-0.15, -0.1) is 0 Å². The third kappa shape index (κ3) is 3.93. The molecule has 0 bridgehead atoms. The van der Waals surface area contributed by atoms with Gasteiger partial charge in [-0.1, -0.05) is 12.8 Å². The Hall–Kier alpha value is -0.960. The van der Waals surface area contributed by atoms with Crippen LogP contribution >= 0.6 is 0 Å². The summed E-state index contributed by atoms with van der Waals surface area (Å²) >= 11 is 0. The number of aliphatic hydroxyl groups excluding tert-OH is 1. The summed E-state index contributed by atoms with van der Waals surface area (Å²) in [5.41, 5.74) is 0.864. The fourth-order valence-corrected chi connectivity index (χ4v) is 4.99. The Bertz CT molecular complexity index is 616. The number of rotatable bonds is 5. The monoisotopic (exact) mass is 342 g/mol. The van der Waals surface area contributed by atoms with Crippen molar-refractivity contribution >= 4 is 10.2 Å². The predicted molar refractivity (Wildman–Crippen MR) is 86.8 cm³/mol. The molecule has 3 rings (SSSR count). The number of hydrogen-bond acceptors (Lipinski definition) is 4. The lowest BCUT2D eigenvalue weighted by Gasteiger charge is -2.38. The largest absolute Gasteiger partial charge is 0.393 e. The SMILES string of the molecule is Cn1cc([C@H](NS(=O)(=O)N2CCCCCC2)C2CC(O)C2)cn1. The van der Waals surface area contributed by atoms with Crippen LogP contribution in [0.2, 0.25) is 0 Å². The van der Waals surface area contributed by atoms with Crippen LogP contribution in [0.1, 0.15) is 50.1 Å². The van der Waals surface area contributed by atoms with Crippen molar-refractivity contribution in [2.75, 3.05) is 13.1 Å². The Balaban J connectivity index is 1.77. The molecule has 1 atom stereocenters. The number of nitrogens with one attached hydrogen (secondary N) is 1. The van der Waals surface area contributed by atoms with Crippen LogP contribution in [0.4, 0.5) is 0 Å². The van der Waals surface area contributed by atoms with Crippen LogP contribution in [0.3, 0.4) is 0 Å². The molecule has 0 spiro atoms. The summed E-state index contributed by atoms with van der Waals surface area (Å²) in [6.45, 7) is 1.17. The van der Waals surface area contributed by atoms with Crippen LogP contribution in [-0.4, -0.2) is 46.8 Å². The van der Waals surface area contributed by atoms with Gasteiger partial charge in [-0.2, -0.15) is 22.5 Å². The molecular formula is C15H26N4O3S. The van der Waals surface area contributed by atoms with Gasteiger partial charge in [0.15, 0.2) is 0 Å². The van der Waals surface area contributed by atoms with E-state index in [0.29, 0.717) is 25.9 Å². The third-order valence-corrected chi connectivity index (χ3v) is 6.48. The summed E-state index contributed by atoms with van der Waals surface area (Å²) in [6.07, 6.45) is 8.51. The highest BCUT2D eigenvalue weighted by Crippen LogP contribution is 2.38. The smallest absolute Gasteiger partial charge is 0.280 e. The maximum Gasteiger partial charge on any atom is 0.280 e. The Labute approximate surface area is 137 Å². The molecule has 0 aromatic carbocycles. The van der Waals surface area contributed by atoms with Crippen LogP contribution in [-0.2, 0) is 17.3 Å². The minimum atomic E-state index is -3.52. The summed E-state index contributed by atoms with van der Waals surface area (Å²) in [6, 6.07) is -0.319. The van der Waals surface area contributed by atoms with Crippen molar-refractivity contribution in [1.82, 2.24) is 18.8 Å². The second kappa shape index (κ2) is 6.88. The molecule has 2 fully saturated rings. The van der Waals surface area contributed by atoms with Crippen molar-refractivity contribution in [2.24, 2.45) is 13.0 Å². The molecule has 1 aliphatic carbocycles. The van der Waals surface area contributed by atoms with E-state index < -0.39 is 10.2 Å². The van der Waals surface area contributed by atoms with Gasteiger partial charge in [0.1, 0.15) is 0 Å². The zero-order valence-corrected chi connectivity index (χ0v) is 14.4. The van der Waals surface area contributed by atoms with Crippen molar-refractivity contribution in [1.29, 1.82) is 0 Å². The zero-order chi connectivity index (χ0) is 16.4. The molecule has 1 saturated heterocycles. The van der Waals surface area contributed by atoms with E-state index >= 15 is 0 Å². The third-order valence-electron chi connectivity index (χ3n) is 4.89. The molecule has 0 amide bonds. The van der Waals surface area contributed by atoms with E-state index in [-0.39, 0.29) is 18.1 Å². The second-order valence-corrected chi connectivity index (χ2v) is 8.45. The van der Waals surface area contributed by atoms with Crippen LogP contribution < -0.4 is 4.72 Å². The first kappa shape index (κ1) is 16.9. The Kier molecular flexibility index (Phi) is 5.05. The molecule has 0 radical (unpaired) electrons. The van der Waals surface area contributed by atoms with E-state index in [2.05, 4.69) is 9.82 Å². The molecular weight excluding hydrogens is 316 g/mol. The molecule has 130 valence electrons. The highest BCUT2D eigenvalue weighted by Gasteiger charge is 2.38. The fourth-order valence-electron chi connectivity index (χ4n) is 3.46. The first-order valence-corrected chi connectivity index (χ1v) is 9.84. The minimum absolute atomic E-state index is 0.121. The lowest BCUT2D eigenvalue weighted by molar-refractivity contribution is 0.0277. The number of aryl methyl sites for hydroxylation is 1. The van der Waals surface area contributed by atoms with Gasteiger partial charge in [-0.3, -0.25) is 4.68 Å². The summed E-state index contributed by atoms with van der Waals surface area (Å²) in [4.78, 5) is 0. The quantitative estimate of drug-likeness (QED) is 0.834. The molecule has 2 N–H and O–H groups in total. The molecule has 1 aliphatic heterocycles. The van der Waals surface area contributed by atoms with Crippen molar-refractivity contribution in [3.63, 3.8) is 0 Å². The van der Waals surface area contributed by atoms with Crippen LogP contribution in [0.15, 0.2) is 12.4 Å². The molecule has 1 aromatic heterocycles. The maximum absolute atomic E-state index is 12.8. The first-order chi connectivity index (χ1) is 11.0. The predicted octanol–water partition coefficient (Wildman–Crippen LogP) is 0.942. The second-order valence-electron chi connectivity index (χ2n) is 6.75. The Morgan fingerprint density at radius 2 is 1.91 bits per heavy atom. The minimum Gasteiger partial charge on any atom is -0.393 e. The van der Waals surface area contributed by atoms with E-state index in [1.54, 1.807) is 15.2 Å². The molecule has 8 heteroatoms. The first-order valence-electron chi connectivity index (χ1n) is 8.40. The maximum atomic E-state index is 12.8. The van der Waals surface area contributed by atoms with Gasteiger partial charge in [-0.05, 0) is 31.6 Å². The Morgan fingerprint density at radius 1 is 1.26 bits per heavy atom. The van der Waals surface area contributed by atoms with Gasteiger partial charge in [0.05, 0.1) is 18.3 Å². The molecule has 0 unspecified atom stereocenters. The zero-order valence-electron chi connectivity index (χ0n) is 13.6. The number of hydrogen-bond donors (Lipinski definition) is 2. The molecule has 7 nitrogen and oxygen atoms in total. The van der Waals surface area contributed by atoms with E-state index in [9.17, 15) is 13.5 Å². The molecule has 2 aliphatic rings. The molecule has 2 heterocycles. The molecule has 1 saturated carbocycles. The van der Waals surface area contributed by atoms with E-state index in [4.69, 9.17) is 0 Å². The highest BCUT2D eigenvalue weighted by molar-refractivity contribution is 7.87. The number of aromatic nitrogens is 2. The van der Waals surface area contributed by atoms with Gasteiger partial charge in [-0.25, -0.2) is 0 Å². The standard InChI is InChI=1S/C15H26N4O3S/c1-18-11-13(10-16-18)15(12-8-14(20)9-12)17-23(21,22)19-6-4-2-3-5-7-19/h10-12,14-15,17,20H,2-9H2,1H3/t12?,14?,15-/m1/s1. The van der Waals surface area contributed by atoms with Gasteiger partial charge < -0.3 is 5.11 Å². The van der Waals surface area contributed by atoms with Gasteiger partial charge in [0, 0.05) is 31.9 Å². The summed E-state index contributed by atoms with van der Waals surface area (Å²) in [5, 5.41) is 13.8. The van der Waals surface area contributed by atoms with Crippen molar-refractivity contribution in [2.45, 2.75) is 50.7 Å². The highest BCUT2D eigenvalue weighted by atomic mass is 32.2. The van der Waals surface area contributed by atoms with Crippen molar-refractivity contribution in [3.8, 4) is 0 Å². The summed E-state index contributed by atoms with van der Waals surface area (Å²) < 4.78 is 31.7. The number of aliphatic hydroxyl groups is 1. The average molecular weight is 342 g/mol. The van der Waals surface area contributed by atoms with Crippen LogP contribution in [0.5, 0.6) is 0 Å². The molecule has 23 heavy (non-hydrogen) atoms. The molecule has 1 aromatic rings. The number of nitrogens with zero attached hydrogens (tertiary/aromatic N) is 3. The van der Waals surface area contributed by atoms with Crippen molar-refractivity contribution < 1.29 is 13.5 Å². The topological polar surface area (TPSA) is 87.5 Å². The van der Waals surface area contributed by atoms with Crippen LogP contribution in [0.25, 0.3) is 0 Å². The van der Waals surface area contributed by atoms with Crippen molar-refractivity contribution in [3.05, 3.63) is 18.0 Å². The summed E-state index contributed by atoms with van der Waals surface area (Å²) in [7, 11) is -1.70. The average Bonchev–Trinajstić information content (AvgIpc) is 2.74. The van der Waals surface area contributed by atoms with Gasteiger partial charge in [0.25, 0.3) is 10.2 Å². The lowest BCUT2D eigenvalue weighted by atomic mass is 9.76. The van der Waals surface area contributed by atoms with E-state index in [1.807, 2.05) is 13.2 Å². The van der Waals surface area contributed by atoms with E-state index in [0.717, 1.165) is 31.2 Å². The fraction of sp³-hybridized carbons (Fsp3) is 0.800. The lowest BCUT2D eigenvalue weighted by Crippen LogP contribution is -2.47. The normalized spacial score (nSPS) is 28.1. The van der Waals surface area contributed by atoms with Gasteiger partial charge in [0.2, 0.25) is 0 Å². The van der Waals surface area contributed by atoms with Crippen LogP contribution in [0, 0.1) is 5.92 Å². The summed E-state index contributed by atoms with van der Waals surface area (Å²) in [5.74, 6) is 0.121.